The molecule has 0 radical (unpaired) electrons. The second-order valence-electron chi connectivity index (χ2n) is 8.14. The van der Waals surface area contributed by atoms with E-state index in [0.29, 0.717) is 41.4 Å². The predicted octanol–water partition coefficient (Wildman–Crippen LogP) is 2.94. The number of ketones is 1. The number of nitrogens with one attached hydrogen (secondary N) is 1. The molecule has 1 aromatic carbocycles. The third-order valence-corrected chi connectivity index (χ3v) is 6.31. The monoisotopic (exact) mass is 476 g/mol. The molecule has 0 bridgehead atoms. The normalized spacial score (nSPS) is 16.1. The standard InChI is InChI=1S/C24H21ClN6O3/c1-15-14-29(23(33)16-5-3-2-4-6-16)11-12-30(15)24(34)21(32)18-13-28-19-17(22-26-8-9-27-22)7-10-31(25)20(18)19/h2-10,13,15H,11-12,14H2,1H3,(H,26,27)/t15-/m1/s1. The SMILES string of the molecule is C[C@@H]1CN(C(=O)c2ccccc2)CCN1C(=O)C(=O)c1cnc2c(-c3ncc[nH]3)ccn(Cl)c1-2. The maximum Gasteiger partial charge on any atom is 0.295 e. The van der Waals surface area contributed by atoms with Gasteiger partial charge >= 0.3 is 0 Å². The van der Waals surface area contributed by atoms with Crippen molar-refractivity contribution in [2.75, 3.05) is 19.6 Å². The number of pyridine rings is 1. The number of hydrogen-bond acceptors (Lipinski definition) is 5. The third-order valence-electron chi connectivity index (χ3n) is 6.03. The summed E-state index contributed by atoms with van der Waals surface area (Å²) in [4.78, 5) is 54.0. The minimum Gasteiger partial charge on any atom is -0.345 e. The van der Waals surface area contributed by atoms with Crippen LogP contribution >= 0.6 is 11.8 Å². The molecular weight excluding hydrogens is 456 g/mol. The van der Waals surface area contributed by atoms with E-state index in [4.69, 9.17) is 11.8 Å². The van der Waals surface area contributed by atoms with E-state index in [1.54, 1.807) is 41.7 Å². The fraction of sp³-hybridized carbons (Fsp3) is 0.208. The molecule has 1 fully saturated rings. The first-order valence-electron chi connectivity index (χ1n) is 10.8. The number of imidazole rings is 1. The van der Waals surface area contributed by atoms with Gasteiger partial charge in [0, 0.05) is 73.4 Å². The molecule has 5 rings (SSSR count). The van der Waals surface area contributed by atoms with Crippen molar-refractivity contribution in [3.63, 3.8) is 0 Å². The molecule has 34 heavy (non-hydrogen) atoms. The maximum absolute atomic E-state index is 13.2. The first-order valence-corrected chi connectivity index (χ1v) is 11.1. The van der Waals surface area contributed by atoms with Gasteiger partial charge in [-0.2, -0.15) is 0 Å². The van der Waals surface area contributed by atoms with Crippen molar-refractivity contribution >= 4 is 29.4 Å². The average molecular weight is 477 g/mol. The Bertz CT molecular complexity index is 1330. The topological polar surface area (TPSA) is 104 Å². The van der Waals surface area contributed by atoms with Gasteiger partial charge in [0.1, 0.15) is 5.82 Å². The van der Waals surface area contributed by atoms with E-state index >= 15 is 0 Å². The largest absolute Gasteiger partial charge is 0.345 e. The van der Waals surface area contributed by atoms with Gasteiger partial charge < -0.3 is 14.8 Å². The number of aromatic nitrogens is 4. The molecule has 0 spiro atoms. The minimum absolute atomic E-state index is 0.0919. The van der Waals surface area contributed by atoms with Crippen LogP contribution in [0.15, 0.2) is 61.2 Å². The summed E-state index contributed by atoms with van der Waals surface area (Å²) in [5.74, 6) is -0.846. The highest BCUT2D eigenvalue weighted by molar-refractivity contribution is 6.44. The number of benzene rings is 1. The zero-order valence-electron chi connectivity index (χ0n) is 18.3. The highest BCUT2D eigenvalue weighted by atomic mass is 35.5. The molecule has 3 aliphatic rings. The summed E-state index contributed by atoms with van der Waals surface area (Å²) in [7, 11) is 0. The zero-order chi connectivity index (χ0) is 23.8. The van der Waals surface area contributed by atoms with Gasteiger partial charge in [-0.1, -0.05) is 18.2 Å². The second kappa shape index (κ2) is 8.75. The maximum atomic E-state index is 13.2. The van der Waals surface area contributed by atoms with Crippen molar-refractivity contribution in [2.24, 2.45) is 0 Å². The summed E-state index contributed by atoms with van der Waals surface area (Å²) in [5.41, 5.74) is 2.21. The Morgan fingerprint density at radius 1 is 1.09 bits per heavy atom. The Labute approximate surface area is 200 Å². The molecular formula is C24H21ClN6O3. The van der Waals surface area contributed by atoms with Crippen LogP contribution in [0.25, 0.3) is 22.8 Å². The van der Waals surface area contributed by atoms with Crippen molar-refractivity contribution < 1.29 is 14.4 Å². The molecule has 0 unspecified atom stereocenters. The molecule has 2 amide bonds. The smallest absolute Gasteiger partial charge is 0.295 e. The van der Waals surface area contributed by atoms with Crippen molar-refractivity contribution in [2.45, 2.75) is 13.0 Å². The van der Waals surface area contributed by atoms with Crippen LogP contribution in [0.5, 0.6) is 0 Å². The van der Waals surface area contributed by atoms with Crippen LogP contribution in [0, 0.1) is 0 Å². The number of aromatic amines is 1. The molecule has 1 atom stereocenters. The van der Waals surface area contributed by atoms with Crippen molar-refractivity contribution in [3.8, 4) is 22.8 Å². The van der Waals surface area contributed by atoms with Crippen LogP contribution < -0.4 is 0 Å². The van der Waals surface area contributed by atoms with E-state index in [2.05, 4.69) is 15.0 Å². The first-order chi connectivity index (χ1) is 16.5. The van der Waals surface area contributed by atoms with E-state index in [9.17, 15) is 14.4 Å². The molecule has 1 saturated heterocycles. The van der Waals surface area contributed by atoms with Gasteiger partial charge in [-0.3, -0.25) is 23.5 Å². The number of amides is 2. The van der Waals surface area contributed by atoms with E-state index < -0.39 is 11.7 Å². The number of fused-ring (bicyclic) bond motifs is 1. The van der Waals surface area contributed by atoms with Crippen molar-refractivity contribution in [3.05, 3.63) is 72.3 Å². The number of hydrogen-bond donors (Lipinski definition) is 1. The number of rotatable bonds is 4. The zero-order valence-corrected chi connectivity index (χ0v) is 19.1. The highest BCUT2D eigenvalue weighted by Gasteiger charge is 2.36. The van der Waals surface area contributed by atoms with E-state index in [0.717, 1.165) is 0 Å². The summed E-state index contributed by atoms with van der Waals surface area (Å²) in [6.45, 7) is 2.77. The fourth-order valence-electron chi connectivity index (χ4n) is 4.31. The molecule has 1 N–H and O–H groups in total. The Morgan fingerprint density at radius 3 is 2.59 bits per heavy atom. The van der Waals surface area contributed by atoms with Gasteiger partial charge in [0.25, 0.3) is 17.6 Å². The van der Waals surface area contributed by atoms with Crippen LogP contribution in [0.1, 0.15) is 27.6 Å². The molecule has 3 aliphatic heterocycles. The average Bonchev–Trinajstić information content (AvgIpc) is 3.55. The third kappa shape index (κ3) is 3.73. The van der Waals surface area contributed by atoms with E-state index in [1.165, 1.54) is 15.2 Å². The first kappa shape index (κ1) is 21.8. The summed E-state index contributed by atoms with van der Waals surface area (Å²) in [6.07, 6.45) is 6.26. The van der Waals surface area contributed by atoms with Crippen LogP contribution in [0.2, 0.25) is 0 Å². The molecule has 4 heterocycles. The molecule has 9 nitrogen and oxygen atoms in total. The van der Waals surface area contributed by atoms with Gasteiger partial charge in [0.2, 0.25) is 0 Å². The van der Waals surface area contributed by atoms with Gasteiger partial charge in [0.05, 0.1) is 17.0 Å². The Kier molecular flexibility index (Phi) is 5.62. The number of piperazine rings is 1. The lowest BCUT2D eigenvalue weighted by atomic mass is 10.0. The summed E-state index contributed by atoms with van der Waals surface area (Å²) in [5, 5.41) is 0. The Hall–Kier alpha value is -3.98. The van der Waals surface area contributed by atoms with Crippen molar-refractivity contribution in [1.82, 2.24) is 28.8 Å². The van der Waals surface area contributed by atoms with Crippen LogP contribution in [0.3, 0.4) is 0 Å². The lowest BCUT2D eigenvalue weighted by molar-refractivity contribution is -0.130. The van der Waals surface area contributed by atoms with Gasteiger partial charge in [-0.25, -0.2) is 4.98 Å². The van der Waals surface area contributed by atoms with Gasteiger partial charge in [-0.05, 0) is 25.1 Å². The van der Waals surface area contributed by atoms with Crippen LogP contribution in [0.4, 0.5) is 0 Å². The summed E-state index contributed by atoms with van der Waals surface area (Å²) in [6, 6.07) is 10.4. The molecule has 172 valence electrons. The van der Waals surface area contributed by atoms with Crippen LogP contribution in [-0.4, -0.2) is 72.1 Å². The molecule has 1 aromatic heterocycles. The summed E-state index contributed by atoms with van der Waals surface area (Å²) < 4.78 is 1.26. The van der Waals surface area contributed by atoms with Gasteiger partial charge in [0.15, 0.2) is 0 Å². The molecule has 2 aromatic rings. The Morgan fingerprint density at radius 2 is 1.88 bits per heavy atom. The second-order valence-corrected chi connectivity index (χ2v) is 8.51. The number of H-pyrrole nitrogens is 1. The Balaban J connectivity index is 1.35. The van der Waals surface area contributed by atoms with E-state index in [1.807, 2.05) is 25.1 Å². The number of nitrogens with zero attached hydrogens (tertiary/aromatic N) is 5. The van der Waals surface area contributed by atoms with Gasteiger partial charge in [-0.15, -0.1) is 0 Å². The summed E-state index contributed by atoms with van der Waals surface area (Å²) >= 11 is 6.34. The highest BCUT2D eigenvalue weighted by Crippen LogP contribution is 2.34. The quantitative estimate of drug-likeness (QED) is 0.360. The molecule has 10 heteroatoms. The van der Waals surface area contributed by atoms with E-state index in [-0.39, 0.29) is 24.1 Å². The lowest BCUT2D eigenvalue weighted by Gasteiger charge is -2.39. The number of carbonyl (C=O) groups is 3. The molecule has 0 aliphatic carbocycles. The minimum atomic E-state index is -0.691. The van der Waals surface area contributed by atoms with Crippen molar-refractivity contribution in [1.29, 1.82) is 0 Å². The predicted molar refractivity (Wildman–Crippen MR) is 126 cm³/mol. The number of carbonyl (C=O) groups excluding carboxylic acids is 3. The molecule has 0 saturated carbocycles. The number of halogens is 1. The van der Waals surface area contributed by atoms with Crippen LogP contribution in [-0.2, 0) is 4.79 Å². The number of Topliss-reactive ketones (excluding diaryl/α,β-unsaturated/α-hetero) is 1. The lowest BCUT2D eigenvalue weighted by Crippen LogP contribution is -2.56. The fourth-order valence-corrected chi connectivity index (χ4v) is 4.54.